The molecule has 1 heterocycles. The van der Waals surface area contributed by atoms with Gasteiger partial charge in [-0.15, -0.1) is 0 Å². The molecule has 1 aromatic heterocycles. The lowest BCUT2D eigenvalue weighted by atomic mass is 9.94. The second-order valence-electron chi connectivity index (χ2n) is 4.39. The summed E-state index contributed by atoms with van der Waals surface area (Å²) in [7, 11) is 0. The van der Waals surface area contributed by atoms with Gasteiger partial charge in [0.25, 0.3) is 0 Å². The van der Waals surface area contributed by atoms with Gasteiger partial charge in [0.05, 0.1) is 5.69 Å². The number of halogens is 1. The van der Waals surface area contributed by atoms with Gasteiger partial charge in [0.1, 0.15) is 12.0 Å². The molecule has 0 amide bonds. The van der Waals surface area contributed by atoms with E-state index < -0.39 is 5.97 Å². The van der Waals surface area contributed by atoms with Crippen molar-refractivity contribution in [3.63, 3.8) is 0 Å². The average Bonchev–Trinajstić information content (AvgIpc) is 2.24. The molecule has 0 saturated carbocycles. The fourth-order valence-corrected chi connectivity index (χ4v) is 1.73. The lowest BCUT2D eigenvalue weighted by Gasteiger charge is -2.16. The van der Waals surface area contributed by atoms with Crippen molar-refractivity contribution in [1.29, 1.82) is 0 Å². The number of nitrogens with two attached hydrogens (primary N) is 1. The van der Waals surface area contributed by atoms with Crippen molar-refractivity contribution in [2.75, 3.05) is 5.73 Å². The maximum absolute atomic E-state index is 14.0. The number of hydrogen-bond acceptors (Lipinski definition) is 4. The number of rotatable bonds is 4. The van der Waals surface area contributed by atoms with Gasteiger partial charge in [0.15, 0.2) is 11.8 Å². The lowest BCUT2D eigenvalue weighted by molar-refractivity contribution is 0.448. The van der Waals surface area contributed by atoms with E-state index in [0.717, 1.165) is 0 Å². The molecule has 0 aromatic carbocycles. The van der Waals surface area contributed by atoms with Gasteiger partial charge < -0.3 is 5.73 Å². The van der Waals surface area contributed by atoms with E-state index in [1.807, 2.05) is 20.8 Å². The summed E-state index contributed by atoms with van der Waals surface area (Å²) in [5, 5.41) is 0. The highest BCUT2D eigenvalue weighted by Gasteiger charge is 2.19. The molecular weight excluding hydrogens is 219 g/mol. The van der Waals surface area contributed by atoms with E-state index in [2.05, 4.69) is 15.0 Å². The van der Waals surface area contributed by atoms with Crippen LogP contribution in [0.1, 0.15) is 32.9 Å². The summed E-state index contributed by atoms with van der Waals surface area (Å²) in [6.07, 6.45) is 2.06. The summed E-state index contributed by atoms with van der Waals surface area (Å²) < 4.78 is 14.0. The van der Waals surface area contributed by atoms with Crippen molar-refractivity contribution in [2.45, 2.75) is 34.1 Å². The first-order valence-corrected chi connectivity index (χ1v) is 5.78. The van der Waals surface area contributed by atoms with E-state index in [1.54, 1.807) is 6.92 Å². The Morgan fingerprint density at radius 3 is 2.59 bits per heavy atom. The zero-order chi connectivity index (χ0) is 13.0. The molecule has 0 radical (unpaired) electrons. The summed E-state index contributed by atoms with van der Waals surface area (Å²) >= 11 is 0. The molecule has 4 nitrogen and oxygen atoms in total. The minimum Gasteiger partial charge on any atom is -0.382 e. The predicted molar refractivity (Wildman–Crippen MR) is 68.0 cm³/mol. The van der Waals surface area contributed by atoms with Gasteiger partial charge in [-0.3, -0.25) is 0 Å². The van der Waals surface area contributed by atoms with Crippen LogP contribution in [0.2, 0.25) is 0 Å². The van der Waals surface area contributed by atoms with Crippen LogP contribution in [0.3, 0.4) is 0 Å². The Morgan fingerprint density at radius 2 is 2.12 bits per heavy atom. The summed E-state index contributed by atoms with van der Waals surface area (Å²) in [5.41, 5.74) is 6.59. The predicted octanol–water partition coefficient (Wildman–Crippen LogP) is 3.05. The van der Waals surface area contributed by atoms with E-state index in [-0.39, 0.29) is 17.7 Å². The first-order valence-electron chi connectivity index (χ1n) is 5.78. The van der Waals surface area contributed by atoms with Crippen molar-refractivity contribution >= 4 is 17.5 Å². The number of nitrogens with zero attached hydrogens (tertiary/aromatic N) is 3. The van der Waals surface area contributed by atoms with Gasteiger partial charge in [-0.2, -0.15) is 4.39 Å². The summed E-state index contributed by atoms with van der Waals surface area (Å²) in [6, 6.07) is 0. The molecule has 1 unspecified atom stereocenters. The molecule has 1 atom stereocenters. The van der Waals surface area contributed by atoms with Gasteiger partial charge in [0.2, 0.25) is 0 Å². The molecule has 5 heteroatoms. The molecule has 0 aliphatic rings. The van der Waals surface area contributed by atoms with Crippen LogP contribution in [-0.2, 0) is 0 Å². The van der Waals surface area contributed by atoms with Crippen molar-refractivity contribution in [1.82, 2.24) is 9.97 Å². The smallest absolute Gasteiger partial charge is 0.193 e. The Kier molecular flexibility index (Phi) is 4.54. The molecule has 0 aliphatic heterocycles. The van der Waals surface area contributed by atoms with E-state index in [4.69, 9.17) is 5.73 Å². The zero-order valence-electron chi connectivity index (χ0n) is 10.7. The Morgan fingerprint density at radius 1 is 1.47 bits per heavy atom. The highest BCUT2D eigenvalue weighted by molar-refractivity contribution is 5.82. The molecule has 1 aromatic rings. The number of aliphatic imine (C=N–C) groups is 1. The number of aryl methyl sites for hydroxylation is 1. The van der Waals surface area contributed by atoms with Crippen molar-refractivity contribution in [3.05, 3.63) is 12.0 Å². The van der Waals surface area contributed by atoms with Crippen molar-refractivity contribution in [3.8, 4) is 0 Å². The van der Waals surface area contributed by atoms with Crippen LogP contribution < -0.4 is 5.73 Å². The zero-order valence-corrected chi connectivity index (χ0v) is 10.7. The van der Waals surface area contributed by atoms with E-state index >= 15 is 0 Å². The van der Waals surface area contributed by atoms with Crippen LogP contribution in [0.15, 0.2) is 11.3 Å². The molecule has 1 rings (SSSR count). The monoisotopic (exact) mass is 238 g/mol. The number of anilines is 1. The maximum atomic E-state index is 14.0. The van der Waals surface area contributed by atoms with Crippen molar-refractivity contribution < 1.29 is 4.39 Å². The largest absolute Gasteiger partial charge is 0.382 e. The van der Waals surface area contributed by atoms with Crippen LogP contribution in [-0.4, -0.2) is 15.9 Å². The topological polar surface area (TPSA) is 64.2 Å². The van der Waals surface area contributed by atoms with E-state index in [0.29, 0.717) is 17.8 Å². The van der Waals surface area contributed by atoms with Crippen LogP contribution in [0, 0.1) is 18.8 Å². The molecule has 94 valence electrons. The minimum absolute atomic E-state index is 0.186. The number of nitrogen functional groups attached to an aromatic ring is 1. The highest BCUT2D eigenvalue weighted by Crippen LogP contribution is 2.26. The summed E-state index contributed by atoms with van der Waals surface area (Å²) in [5.74, 6) is -0.165. The van der Waals surface area contributed by atoms with Crippen molar-refractivity contribution in [2.24, 2.45) is 16.8 Å². The molecule has 0 bridgehead atoms. The van der Waals surface area contributed by atoms with Crippen LogP contribution in [0.4, 0.5) is 15.9 Å². The normalized spacial score (nSPS) is 14.1. The first kappa shape index (κ1) is 13.5. The van der Waals surface area contributed by atoms with Gasteiger partial charge in [-0.1, -0.05) is 20.8 Å². The molecular formula is C12H19FN4. The van der Waals surface area contributed by atoms with Gasteiger partial charge >= 0.3 is 0 Å². The fourth-order valence-electron chi connectivity index (χ4n) is 1.73. The Hall–Kier alpha value is -1.52. The molecule has 0 fully saturated rings. The van der Waals surface area contributed by atoms with Gasteiger partial charge in [0, 0.05) is 5.92 Å². The Balaban J connectivity index is 3.09. The quantitative estimate of drug-likeness (QED) is 0.820. The third-order valence-electron chi connectivity index (χ3n) is 2.80. The van der Waals surface area contributed by atoms with Crippen LogP contribution in [0.5, 0.6) is 0 Å². The molecule has 0 spiro atoms. The van der Waals surface area contributed by atoms with E-state index in [1.165, 1.54) is 6.33 Å². The highest BCUT2D eigenvalue weighted by atomic mass is 19.1. The molecule has 0 aliphatic carbocycles. The van der Waals surface area contributed by atoms with E-state index in [9.17, 15) is 4.39 Å². The second-order valence-corrected chi connectivity index (χ2v) is 4.39. The van der Waals surface area contributed by atoms with Crippen LogP contribution >= 0.6 is 0 Å². The Labute approximate surface area is 101 Å². The third-order valence-corrected chi connectivity index (χ3v) is 2.80. The molecule has 17 heavy (non-hydrogen) atoms. The lowest BCUT2D eigenvalue weighted by Crippen LogP contribution is -2.15. The second kappa shape index (κ2) is 5.70. The van der Waals surface area contributed by atoms with Gasteiger partial charge in [-0.25, -0.2) is 15.0 Å². The fraction of sp³-hybridized carbons (Fsp3) is 0.583. The maximum Gasteiger partial charge on any atom is 0.193 e. The SMILES string of the molecule is CCC(/C(F)=N\c1c(C)ncnc1N)C(C)C. The number of aromatic nitrogens is 2. The number of hydrogen-bond donors (Lipinski definition) is 1. The van der Waals surface area contributed by atoms with Crippen LogP contribution in [0.25, 0.3) is 0 Å². The van der Waals surface area contributed by atoms with Gasteiger partial charge in [-0.05, 0) is 19.3 Å². The molecule has 0 saturated heterocycles. The summed E-state index contributed by atoms with van der Waals surface area (Å²) in [6.45, 7) is 7.62. The summed E-state index contributed by atoms with van der Waals surface area (Å²) in [4.78, 5) is 11.7. The standard InChI is InChI=1S/C12H19FN4/c1-5-9(7(2)3)11(13)17-10-8(4)15-6-16-12(10)14/h6-7,9H,5H2,1-4H3,(H2,14,15,16)/b17-11+. The molecule has 2 N–H and O–H groups in total. The first-order chi connectivity index (χ1) is 7.97. The average molecular weight is 238 g/mol. The third kappa shape index (κ3) is 3.22. The Bertz CT molecular complexity index is 395. The minimum atomic E-state index is -0.396.